The van der Waals surface area contributed by atoms with Crippen molar-refractivity contribution in [1.29, 1.82) is 0 Å². The minimum Gasteiger partial charge on any atom is -0.370 e. The number of hydrogen-bond donors (Lipinski definition) is 1. The van der Waals surface area contributed by atoms with Gasteiger partial charge in [0, 0.05) is 25.7 Å². The van der Waals surface area contributed by atoms with Crippen LogP contribution >= 0.6 is 0 Å². The van der Waals surface area contributed by atoms with Crippen molar-refractivity contribution in [3.63, 3.8) is 0 Å². The number of nitrogens with one attached hydrogen (secondary N) is 1. The number of rotatable bonds is 5. The van der Waals surface area contributed by atoms with Crippen LogP contribution in [0.2, 0.25) is 0 Å². The first-order valence-electron chi connectivity index (χ1n) is 7.63. The lowest BCUT2D eigenvalue weighted by atomic mass is 9.98. The molecule has 4 heteroatoms. The van der Waals surface area contributed by atoms with E-state index in [1.165, 1.54) is 44.2 Å². The molecular weight excluding hydrogens is 238 g/mol. The number of ether oxygens (including phenoxy) is 1. The van der Waals surface area contributed by atoms with Crippen molar-refractivity contribution in [2.45, 2.75) is 63.2 Å². The molecule has 1 aliphatic carbocycles. The highest BCUT2D eigenvalue weighted by atomic mass is 16.5. The van der Waals surface area contributed by atoms with Crippen molar-refractivity contribution in [1.82, 2.24) is 14.9 Å². The van der Waals surface area contributed by atoms with Crippen LogP contribution in [0.25, 0.3) is 0 Å². The zero-order valence-electron chi connectivity index (χ0n) is 11.9. The van der Waals surface area contributed by atoms with Gasteiger partial charge in [0.25, 0.3) is 0 Å². The molecule has 2 heterocycles. The normalized spacial score (nSPS) is 25.4. The van der Waals surface area contributed by atoms with Gasteiger partial charge in [0.1, 0.15) is 0 Å². The molecular formula is C15H25N3O. The largest absolute Gasteiger partial charge is 0.370 e. The molecule has 106 valence electrons. The third-order valence-corrected chi connectivity index (χ3v) is 4.59. The Morgan fingerprint density at radius 2 is 2.26 bits per heavy atom. The van der Waals surface area contributed by atoms with E-state index in [2.05, 4.69) is 21.1 Å². The molecule has 4 nitrogen and oxygen atoms in total. The monoisotopic (exact) mass is 263 g/mol. The molecule has 0 radical (unpaired) electrons. The van der Waals surface area contributed by atoms with Crippen LogP contribution in [0.1, 0.15) is 44.2 Å². The number of hydrogen-bond acceptors (Lipinski definition) is 3. The Morgan fingerprint density at radius 1 is 1.42 bits per heavy atom. The molecule has 0 aromatic carbocycles. The maximum atomic E-state index is 6.34. The summed E-state index contributed by atoms with van der Waals surface area (Å²) in [5, 5.41) is 3.16. The molecule has 1 N–H and O–H groups in total. The molecule has 0 amide bonds. The Bertz CT molecular complexity index is 409. The molecule has 1 unspecified atom stereocenters. The molecule has 1 aromatic rings. The van der Waals surface area contributed by atoms with Crippen molar-refractivity contribution in [3.05, 3.63) is 18.2 Å². The third-order valence-electron chi connectivity index (χ3n) is 4.59. The second-order valence-electron chi connectivity index (χ2n) is 6.08. The van der Waals surface area contributed by atoms with Gasteiger partial charge < -0.3 is 14.6 Å². The van der Waals surface area contributed by atoms with Gasteiger partial charge in [-0.3, -0.25) is 0 Å². The van der Waals surface area contributed by atoms with Gasteiger partial charge in [0.15, 0.2) is 0 Å². The van der Waals surface area contributed by atoms with Crippen LogP contribution in [-0.2, 0) is 17.7 Å². The molecule has 1 saturated heterocycles. The minimum atomic E-state index is 0.250. The third kappa shape index (κ3) is 3.00. The standard InChI is InChI=1S/C15H25N3O/c1-16-9-5-13-10-18(12-17-13)11-14-4-8-15(19-14)6-2-3-7-15/h10,12,14,16H,2-9,11H2,1H3. The SMILES string of the molecule is CNCCc1cn(CC2CCC3(CCCC3)O2)cn1. The summed E-state index contributed by atoms with van der Waals surface area (Å²) in [6, 6.07) is 0. The minimum absolute atomic E-state index is 0.250. The van der Waals surface area contributed by atoms with Crippen LogP contribution in [0.15, 0.2) is 12.5 Å². The van der Waals surface area contributed by atoms with Gasteiger partial charge in [0.2, 0.25) is 0 Å². The van der Waals surface area contributed by atoms with Crippen molar-refractivity contribution >= 4 is 0 Å². The summed E-state index contributed by atoms with van der Waals surface area (Å²) in [6.07, 6.45) is 13.3. The highest BCUT2D eigenvalue weighted by molar-refractivity contribution is 4.99. The molecule has 1 aromatic heterocycles. The molecule has 2 fully saturated rings. The van der Waals surface area contributed by atoms with Gasteiger partial charge in [-0.25, -0.2) is 4.98 Å². The quantitative estimate of drug-likeness (QED) is 0.884. The number of imidazole rings is 1. The average Bonchev–Trinajstić information content (AvgIpc) is 3.12. The Hall–Kier alpha value is -0.870. The number of aromatic nitrogens is 2. The highest BCUT2D eigenvalue weighted by Gasteiger charge is 2.42. The molecule has 19 heavy (non-hydrogen) atoms. The van der Waals surface area contributed by atoms with Crippen molar-refractivity contribution in [3.8, 4) is 0 Å². The molecule has 1 saturated carbocycles. The van der Waals surface area contributed by atoms with Crippen LogP contribution in [0.5, 0.6) is 0 Å². The van der Waals surface area contributed by atoms with Gasteiger partial charge in [0.05, 0.1) is 23.7 Å². The molecule has 1 atom stereocenters. The van der Waals surface area contributed by atoms with E-state index in [1.54, 1.807) is 0 Å². The van der Waals surface area contributed by atoms with Gasteiger partial charge in [-0.05, 0) is 32.7 Å². The summed E-state index contributed by atoms with van der Waals surface area (Å²) in [6.45, 7) is 1.95. The van der Waals surface area contributed by atoms with E-state index >= 15 is 0 Å². The molecule has 2 aliphatic rings. The summed E-state index contributed by atoms with van der Waals surface area (Å²) < 4.78 is 8.54. The fraction of sp³-hybridized carbons (Fsp3) is 0.800. The Balaban J connectivity index is 1.53. The van der Waals surface area contributed by atoms with E-state index in [4.69, 9.17) is 4.74 Å². The van der Waals surface area contributed by atoms with Crippen molar-refractivity contribution in [2.24, 2.45) is 0 Å². The van der Waals surface area contributed by atoms with Crippen molar-refractivity contribution < 1.29 is 4.74 Å². The maximum absolute atomic E-state index is 6.34. The van der Waals surface area contributed by atoms with Gasteiger partial charge in [-0.1, -0.05) is 12.8 Å². The van der Waals surface area contributed by atoms with Crippen LogP contribution in [0.3, 0.4) is 0 Å². The summed E-state index contributed by atoms with van der Waals surface area (Å²) in [4.78, 5) is 4.45. The van der Waals surface area contributed by atoms with Gasteiger partial charge >= 0.3 is 0 Å². The second kappa shape index (κ2) is 5.63. The average molecular weight is 263 g/mol. The molecule has 3 rings (SSSR count). The first-order chi connectivity index (χ1) is 9.30. The summed E-state index contributed by atoms with van der Waals surface area (Å²) >= 11 is 0. The van der Waals surface area contributed by atoms with E-state index in [0.29, 0.717) is 6.10 Å². The Labute approximate surface area is 115 Å². The topological polar surface area (TPSA) is 39.1 Å². The van der Waals surface area contributed by atoms with E-state index in [9.17, 15) is 0 Å². The molecule has 1 aliphatic heterocycles. The fourth-order valence-corrected chi connectivity index (χ4v) is 3.53. The van der Waals surface area contributed by atoms with Gasteiger partial charge in [-0.15, -0.1) is 0 Å². The summed E-state index contributed by atoms with van der Waals surface area (Å²) in [7, 11) is 1.98. The predicted octanol–water partition coefficient (Wildman–Crippen LogP) is 2.14. The lowest BCUT2D eigenvalue weighted by Gasteiger charge is -2.23. The number of likely N-dealkylation sites (N-methyl/N-ethyl adjacent to an activating group) is 1. The molecule has 0 bridgehead atoms. The summed E-state index contributed by atoms with van der Waals surface area (Å²) in [5.41, 5.74) is 1.42. The Kier molecular flexibility index (Phi) is 3.89. The van der Waals surface area contributed by atoms with Crippen LogP contribution < -0.4 is 5.32 Å². The highest BCUT2D eigenvalue weighted by Crippen LogP contribution is 2.43. The van der Waals surface area contributed by atoms with Crippen LogP contribution in [0, 0.1) is 0 Å². The lowest BCUT2D eigenvalue weighted by Crippen LogP contribution is -2.26. The molecule has 1 spiro atoms. The Morgan fingerprint density at radius 3 is 3.05 bits per heavy atom. The zero-order valence-corrected chi connectivity index (χ0v) is 11.9. The van der Waals surface area contributed by atoms with Crippen LogP contribution in [0.4, 0.5) is 0 Å². The number of nitrogens with zero attached hydrogens (tertiary/aromatic N) is 2. The van der Waals surface area contributed by atoms with E-state index in [-0.39, 0.29) is 5.60 Å². The fourth-order valence-electron chi connectivity index (χ4n) is 3.53. The zero-order chi connectivity index (χ0) is 13.1. The second-order valence-corrected chi connectivity index (χ2v) is 6.08. The predicted molar refractivity (Wildman–Crippen MR) is 75.2 cm³/mol. The van der Waals surface area contributed by atoms with E-state index in [0.717, 1.165) is 19.5 Å². The summed E-state index contributed by atoms with van der Waals surface area (Å²) in [5.74, 6) is 0. The maximum Gasteiger partial charge on any atom is 0.0950 e. The lowest BCUT2D eigenvalue weighted by molar-refractivity contribution is -0.0418. The van der Waals surface area contributed by atoms with Crippen LogP contribution in [-0.4, -0.2) is 34.8 Å². The smallest absolute Gasteiger partial charge is 0.0950 e. The van der Waals surface area contributed by atoms with E-state index in [1.807, 2.05) is 13.4 Å². The first-order valence-corrected chi connectivity index (χ1v) is 7.63. The van der Waals surface area contributed by atoms with E-state index < -0.39 is 0 Å². The van der Waals surface area contributed by atoms with Crippen molar-refractivity contribution in [2.75, 3.05) is 13.6 Å². The van der Waals surface area contributed by atoms with Gasteiger partial charge in [-0.2, -0.15) is 0 Å². The first kappa shape index (κ1) is 13.1.